The van der Waals surface area contributed by atoms with E-state index in [1.165, 1.54) is 16.2 Å². The number of nitrogens with zero attached hydrogens (tertiary/aromatic N) is 2. The molecule has 4 nitrogen and oxygen atoms in total. The number of rotatable bonds is 5. The first-order chi connectivity index (χ1) is 9.38. The lowest BCUT2D eigenvalue weighted by Crippen LogP contribution is -2.15. The van der Waals surface area contributed by atoms with Crippen LogP contribution in [0.5, 0.6) is 0 Å². The largest absolute Gasteiger partial charge is 0.477 e. The van der Waals surface area contributed by atoms with Crippen molar-refractivity contribution >= 4 is 49.7 Å². The Balaban J connectivity index is 2.23. The summed E-state index contributed by atoms with van der Waals surface area (Å²) in [5.41, 5.74) is 0.664. The number of aromatic nitrogens is 1. The lowest BCUT2D eigenvalue weighted by Gasteiger charge is -2.14. The zero-order valence-corrected chi connectivity index (χ0v) is 14.6. The van der Waals surface area contributed by atoms with Crippen molar-refractivity contribution in [2.24, 2.45) is 0 Å². The van der Waals surface area contributed by atoms with Gasteiger partial charge in [0, 0.05) is 21.8 Å². The first-order valence-electron chi connectivity index (χ1n) is 6.06. The van der Waals surface area contributed by atoms with Crippen LogP contribution >= 0.6 is 38.6 Å². The molecular formula is C13H15BrN2O2S2. The van der Waals surface area contributed by atoms with Crippen molar-refractivity contribution in [3.05, 3.63) is 31.4 Å². The molecule has 0 bridgehead atoms. The highest BCUT2D eigenvalue weighted by Gasteiger charge is 2.21. The zero-order chi connectivity index (χ0) is 14.9. The summed E-state index contributed by atoms with van der Waals surface area (Å²) >= 11 is 6.34. The molecule has 0 saturated carbocycles. The average molecular weight is 375 g/mol. The third-order valence-corrected chi connectivity index (χ3v) is 5.58. The Morgan fingerprint density at radius 2 is 2.25 bits per heavy atom. The van der Waals surface area contributed by atoms with Crippen molar-refractivity contribution in [3.63, 3.8) is 0 Å². The quantitative estimate of drug-likeness (QED) is 0.840. The van der Waals surface area contributed by atoms with Crippen LogP contribution in [0, 0.1) is 0 Å². The van der Waals surface area contributed by atoms with Crippen molar-refractivity contribution in [3.8, 4) is 0 Å². The van der Waals surface area contributed by atoms with Gasteiger partial charge in [0.1, 0.15) is 4.88 Å². The summed E-state index contributed by atoms with van der Waals surface area (Å²) in [5.74, 6) is -0.792. The summed E-state index contributed by atoms with van der Waals surface area (Å²) in [7, 11) is 1.93. The van der Waals surface area contributed by atoms with Crippen molar-refractivity contribution in [1.29, 1.82) is 0 Å². The van der Waals surface area contributed by atoms with Gasteiger partial charge < -0.3 is 10.0 Å². The molecule has 2 heterocycles. The maximum absolute atomic E-state index is 11.3. The minimum absolute atomic E-state index is 0.107. The zero-order valence-electron chi connectivity index (χ0n) is 11.4. The molecule has 0 atom stereocenters. The number of carboxylic acid groups (broad SMARTS) is 1. The monoisotopic (exact) mass is 374 g/mol. The molecule has 0 radical (unpaired) electrons. The molecule has 0 amide bonds. The Bertz CT molecular complexity index is 622. The summed E-state index contributed by atoms with van der Waals surface area (Å²) in [6.45, 7) is 4.64. The van der Waals surface area contributed by atoms with E-state index in [2.05, 4.69) is 27.0 Å². The number of carbonyl (C=O) groups is 1. The second-order valence-corrected chi connectivity index (χ2v) is 7.65. The second-order valence-electron chi connectivity index (χ2n) is 4.76. The van der Waals surface area contributed by atoms with Crippen LogP contribution in [0.4, 0.5) is 5.13 Å². The lowest BCUT2D eigenvalue weighted by molar-refractivity contribution is 0.0700. The molecule has 0 aliphatic heterocycles. The van der Waals surface area contributed by atoms with E-state index < -0.39 is 5.97 Å². The average Bonchev–Trinajstić information content (AvgIpc) is 2.95. The molecule has 0 aromatic carbocycles. The highest BCUT2D eigenvalue weighted by atomic mass is 79.9. The standard InChI is InChI=1S/C13H15BrN2O2S2/c1-7(2)10-11(12(17)18)20-13(15-10)16(3)5-9-4-8(14)6-19-9/h4,6-7H,5H2,1-3H3,(H,17,18). The van der Waals surface area contributed by atoms with E-state index in [0.29, 0.717) is 10.6 Å². The van der Waals surface area contributed by atoms with E-state index in [0.717, 1.165) is 16.1 Å². The molecule has 1 N–H and O–H groups in total. The number of thiophene rings is 1. The van der Waals surface area contributed by atoms with E-state index in [-0.39, 0.29) is 5.92 Å². The number of hydrogen-bond donors (Lipinski definition) is 1. The molecule has 0 aliphatic rings. The second kappa shape index (κ2) is 6.24. The Morgan fingerprint density at radius 3 is 2.70 bits per heavy atom. The summed E-state index contributed by atoms with van der Waals surface area (Å²) in [6.07, 6.45) is 0. The van der Waals surface area contributed by atoms with Crippen molar-refractivity contribution in [1.82, 2.24) is 4.98 Å². The smallest absolute Gasteiger partial charge is 0.347 e. The SMILES string of the molecule is CC(C)c1nc(N(C)Cc2cc(Br)cs2)sc1C(=O)O. The normalized spacial score (nSPS) is 11.1. The Kier molecular flexibility index (Phi) is 4.82. The maximum atomic E-state index is 11.3. The van der Waals surface area contributed by atoms with Gasteiger partial charge in [0.25, 0.3) is 0 Å². The highest BCUT2D eigenvalue weighted by Crippen LogP contribution is 2.31. The van der Waals surface area contributed by atoms with E-state index in [1.54, 1.807) is 11.3 Å². The number of carboxylic acids is 1. The van der Waals surface area contributed by atoms with Gasteiger partial charge in [-0.1, -0.05) is 25.2 Å². The molecule has 0 unspecified atom stereocenters. The summed E-state index contributed by atoms with van der Waals surface area (Å²) in [4.78, 5) is 19.3. The van der Waals surface area contributed by atoms with Crippen LogP contribution in [0.1, 0.15) is 40.0 Å². The molecule has 2 aromatic heterocycles. The van der Waals surface area contributed by atoms with Crippen molar-refractivity contribution < 1.29 is 9.90 Å². The van der Waals surface area contributed by atoms with Crippen molar-refractivity contribution in [2.45, 2.75) is 26.3 Å². The highest BCUT2D eigenvalue weighted by molar-refractivity contribution is 9.10. The maximum Gasteiger partial charge on any atom is 0.347 e. The topological polar surface area (TPSA) is 53.4 Å². The minimum Gasteiger partial charge on any atom is -0.477 e. The Hall–Kier alpha value is -0.920. The van der Waals surface area contributed by atoms with E-state index in [4.69, 9.17) is 0 Å². The molecule has 0 saturated heterocycles. The molecule has 2 rings (SSSR count). The molecule has 0 aliphatic carbocycles. The third kappa shape index (κ3) is 3.39. The molecule has 7 heteroatoms. The van der Waals surface area contributed by atoms with E-state index in [9.17, 15) is 9.90 Å². The van der Waals surface area contributed by atoms with E-state index in [1.807, 2.05) is 31.2 Å². The Morgan fingerprint density at radius 1 is 1.55 bits per heavy atom. The summed E-state index contributed by atoms with van der Waals surface area (Å²) in [6, 6.07) is 2.07. The summed E-state index contributed by atoms with van der Waals surface area (Å²) < 4.78 is 1.07. The van der Waals surface area contributed by atoms with E-state index >= 15 is 0 Å². The number of aromatic carboxylic acids is 1. The van der Waals surface area contributed by atoms with Gasteiger partial charge in [-0.05, 0) is 27.9 Å². The predicted molar refractivity (Wildman–Crippen MR) is 87.3 cm³/mol. The van der Waals surface area contributed by atoms with Gasteiger partial charge in [0.05, 0.1) is 12.2 Å². The van der Waals surface area contributed by atoms with Gasteiger partial charge in [0.2, 0.25) is 0 Å². The van der Waals surface area contributed by atoms with Crippen molar-refractivity contribution in [2.75, 3.05) is 11.9 Å². The first-order valence-corrected chi connectivity index (χ1v) is 8.55. The van der Waals surface area contributed by atoms with Gasteiger partial charge >= 0.3 is 5.97 Å². The fraction of sp³-hybridized carbons (Fsp3) is 0.385. The van der Waals surface area contributed by atoms with Gasteiger partial charge in [-0.2, -0.15) is 0 Å². The molecule has 0 fully saturated rings. The molecule has 108 valence electrons. The number of halogens is 1. The van der Waals surface area contributed by atoms with Gasteiger partial charge in [0.15, 0.2) is 5.13 Å². The molecule has 2 aromatic rings. The summed E-state index contributed by atoms with van der Waals surface area (Å²) in [5, 5.41) is 12.0. The fourth-order valence-corrected chi connectivity index (χ4v) is 4.29. The van der Waals surface area contributed by atoms with Crippen LogP contribution in [0.25, 0.3) is 0 Å². The fourth-order valence-electron chi connectivity index (χ4n) is 1.77. The van der Waals surface area contributed by atoms with Crippen LogP contribution in [-0.4, -0.2) is 23.1 Å². The Labute approximate surface area is 134 Å². The first kappa shape index (κ1) is 15.5. The van der Waals surface area contributed by atoms with Crippen LogP contribution < -0.4 is 4.90 Å². The lowest BCUT2D eigenvalue weighted by atomic mass is 10.1. The van der Waals surface area contributed by atoms with Gasteiger partial charge in [-0.25, -0.2) is 9.78 Å². The minimum atomic E-state index is -0.898. The number of hydrogen-bond acceptors (Lipinski definition) is 5. The van der Waals surface area contributed by atoms with Gasteiger partial charge in [-0.15, -0.1) is 11.3 Å². The molecule has 0 spiro atoms. The molecule has 20 heavy (non-hydrogen) atoms. The van der Waals surface area contributed by atoms with Gasteiger partial charge in [-0.3, -0.25) is 0 Å². The van der Waals surface area contributed by atoms with Crippen LogP contribution in [-0.2, 0) is 6.54 Å². The van der Waals surface area contributed by atoms with Crippen LogP contribution in [0.3, 0.4) is 0 Å². The van der Waals surface area contributed by atoms with Crippen LogP contribution in [0.15, 0.2) is 15.9 Å². The predicted octanol–water partition coefficient (Wildman–Crippen LogP) is 4.43. The van der Waals surface area contributed by atoms with Crippen LogP contribution in [0.2, 0.25) is 0 Å². The third-order valence-electron chi connectivity index (χ3n) is 2.72. The number of thiazole rings is 1. The number of anilines is 1. The molecular weight excluding hydrogens is 360 g/mol.